The molecule has 1 unspecified atom stereocenters. The number of hydrogen-bond donors (Lipinski definition) is 1. The standard InChI is InChI=1S/C29H33NO6S2/c1-19-13-23(35-11-4-5-12-38(3,33)34)14-20(2)29(19)25-7-6-8-27(30-25)36-17-21-9-10-24-22(16-28(31)32)18-37-26(24)15-21/h6-10,13-15,22H,4-5,11-12,16-18H2,1-3H3,(H,31,32). The Morgan fingerprint density at radius 3 is 2.55 bits per heavy atom. The number of aryl methyl sites for hydroxylation is 2. The second kappa shape index (κ2) is 12.2. The fourth-order valence-electron chi connectivity index (χ4n) is 4.65. The van der Waals surface area contributed by atoms with Crippen molar-refractivity contribution in [1.29, 1.82) is 0 Å². The van der Waals surface area contributed by atoms with Crippen molar-refractivity contribution in [3.05, 3.63) is 70.8 Å². The Hall–Kier alpha value is -3.04. The van der Waals surface area contributed by atoms with E-state index < -0.39 is 15.8 Å². The number of carboxylic acids is 1. The van der Waals surface area contributed by atoms with Gasteiger partial charge in [-0.2, -0.15) is 0 Å². The summed E-state index contributed by atoms with van der Waals surface area (Å²) in [6, 6.07) is 15.8. The van der Waals surface area contributed by atoms with E-state index in [1.54, 1.807) is 11.8 Å². The van der Waals surface area contributed by atoms with Gasteiger partial charge in [-0.3, -0.25) is 4.79 Å². The highest BCUT2D eigenvalue weighted by molar-refractivity contribution is 7.99. The molecule has 0 radical (unpaired) electrons. The zero-order valence-corrected chi connectivity index (χ0v) is 23.5. The first-order valence-corrected chi connectivity index (χ1v) is 15.6. The van der Waals surface area contributed by atoms with Crippen molar-refractivity contribution in [2.24, 2.45) is 0 Å². The lowest BCUT2D eigenvalue weighted by Crippen LogP contribution is -2.06. The van der Waals surface area contributed by atoms with Crippen LogP contribution in [0.15, 0.2) is 53.4 Å². The molecule has 202 valence electrons. The van der Waals surface area contributed by atoms with Crippen LogP contribution in [0.25, 0.3) is 11.3 Å². The van der Waals surface area contributed by atoms with Gasteiger partial charge >= 0.3 is 5.97 Å². The molecule has 2 heterocycles. The van der Waals surface area contributed by atoms with Gasteiger partial charge in [-0.25, -0.2) is 13.4 Å². The van der Waals surface area contributed by atoms with Crippen LogP contribution in [-0.2, 0) is 21.2 Å². The molecule has 3 aromatic rings. The van der Waals surface area contributed by atoms with Crippen LogP contribution in [0, 0.1) is 13.8 Å². The number of pyridine rings is 1. The normalized spacial score (nSPS) is 14.8. The van der Waals surface area contributed by atoms with E-state index in [0.29, 0.717) is 31.9 Å². The number of thioether (sulfide) groups is 1. The molecular formula is C29H33NO6S2. The number of aliphatic carboxylic acids is 1. The first-order valence-electron chi connectivity index (χ1n) is 12.6. The lowest BCUT2D eigenvalue weighted by molar-refractivity contribution is -0.137. The molecule has 1 aliphatic heterocycles. The average Bonchev–Trinajstić information content (AvgIpc) is 3.23. The molecule has 2 aromatic carbocycles. The monoisotopic (exact) mass is 555 g/mol. The predicted molar refractivity (Wildman–Crippen MR) is 150 cm³/mol. The minimum atomic E-state index is -2.94. The van der Waals surface area contributed by atoms with Crippen molar-refractivity contribution >= 4 is 27.6 Å². The summed E-state index contributed by atoms with van der Waals surface area (Å²) in [6.07, 6.45) is 2.67. The van der Waals surface area contributed by atoms with E-state index in [2.05, 4.69) is 6.07 Å². The third-order valence-electron chi connectivity index (χ3n) is 6.43. The van der Waals surface area contributed by atoms with Crippen LogP contribution in [0.1, 0.15) is 47.4 Å². The molecular weight excluding hydrogens is 522 g/mol. The molecule has 38 heavy (non-hydrogen) atoms. The molecule has 0 saturated heterocycles. The summed E-state index contributed by atoms with van der Waals surface area (Å²) in [7, 11) is -2.94. The molecule has 0 spiro atoms. The molecule has 0 fully saturated rings. The maximum atomic E-state index is 11.3. The summed E-state index contributed by atoms with van der Waals surface area (Å²) < 4.78 is 34.4. The molecule has 0 bridgehead atoms. The summed E-state index contributed by atoms with van der Waals surface area (Å²) >= 11 is 1.70. The van der Waals surface area contributed by atoms with Crippen molar-refractivity contribution in [3.8, 4) is 22.9 Å². The number of rotatable bonds is 12. The Labute approximate surface area is 228 Å². The first-order chi connectivity index (χ1) is 18.1. The van der Waals surface area contributed by atoms with Crippen LogP contribution >= 0.6 is 11.8 Å². The SMILES string of the molecule is Cc1cc(OCCCCS(C)(=O)=O)cc(C)c1-c1cccc(OCc2ccc3c(c2)SCC3CC(=O)O)n1. The van der Waals surface area contributed by atoms with Crippen LogP contribution in [0.4, 0.5) is 0 Å². The number of ether oxygens (including phenoxy) is 2. The van der Waals surface area contributed by atoms with E-state index in [1.165, 1.54) is 6.26 Å². The van der Waals surface area contributed by atoms with Gasteiger partial charge in [-0.05, 0) is 73.2 Å². The number of nitrogens with zero attached hydrogens (tertiary/aromatic N) is 1. The van der Waals surface area contributed by atoms with Crippen molar-refractivity contribution in [1.82, 2.24) is 4.98 Å². The van der Waals surface area contributed by atoms with Gasteiger partial charge in [0, 0.05) is 34.5 Å². The Bertz CT molecular complexity index is 1400. The maximum Gasteiger partial charge on any atom is 0.303 e. The fourth-order valence-corrected chi connectivity index (χ4v) is 6.69. The highest BCUT2D eigenvalue weighted by atomic mass is 32.2. The minimum absolute atomic E-state index is 0.0592. The van der Waals surface area contributed by atoms with Gasteiger partial charge in [-0.15, -0.1) is 11.8 Å². The number of unbranched alkanes of at least 4 members (excludes halogenated alkanes) is 1. The lowest BCUT2D eigenvalue weighted by Gasteiger charge is -2.14. The van der Waals surface area contributed by atoms with Gasteiger partial charge in [0.15, 0.2) is 0 Å². The van der Waals surface area contributed by atoms with Gasteiger partial charge in [0.2, 0.25) is 5.88 Å². The fraction of sp³-hybridized carbons (Fsp3) is 0.379. The Kier molecular flexibility index (Phi) is 8.99. The third kappa shape index (κ3) is 7.51. The lowest BCUT2D eigenvalue weighted by atomic mass is 9.97. The van der Waals surface area contributed by atoms with E-state index in [-0.39, 0.29) is 18.1 Å². The van der Waals surface area contributed by atoms with E-state index in [1.807, 2.05) is 56.3 Å². The molecule has 1 atom stereocenters. The van der Waals surface area contributed by atoms with Gasteiger partial charge < -0.3 is 14.6 Å². The van der Waals surface area contributed by atoms with E-state index in [0.717, 1.165) is 49.9 Å². The van der Waals surface area contributed by atoms with Crippen LogP contribution in [0.5, 0.6) is 11.6 Å². The van der Waals surface area contributed by atoms with Crippen LogP contribution in [-0.4, -0.2) is 48.8 Å². The molecule has 7 nitrogen and oxygen atoms in total. The van der Waals surface area contributed by atoms with Crippen LogP contribution in [0.3, 0.4) is 0 Å². The van der Waals surface area contributed by atoms with Gasteiger partial charge in [0.1, 0.15) is 22.2 Å². The zero-order chi connectivity index (χ0) is 27.3. The average molecular weight is 556 g/mol. The Balaban J connectivity index is 1.39. The summed E-state index contributed by atoms with van der Waals surface area (Å²) in [5.74, 6) is 1.55. The number of carbonyl (C=O) groups is 1. The maximum absolute atomic E-state index is 11.3. The van der Waals surface area contributed by atoms with Gasteiger partial charge in [0.05, 0.1) is 24.5 Å². The minimum Gasteiger partial charge on any atom is -0.494 e. The number of benzene rings is 2. The second-order valence-electron chi connectivity index (χ2n) is 9.75. The smallest absolute Gasteiger partial charge is 0.303 e. The predicted octanol–water partition coefficient (Wildman–Crippen LogP) is 5.81. The number of carboxylic acid groups (broad SMARTS) is 1. The van der Waals surface area contributed by atoms with E-state index in [4.69, 9.17) is 19.6 Å². The summed E-state index contributed by atoms with van der Waals surface area (Å²) in [5, 5.41) is 9.13. The number of aromatic nitrogens is 1. The van der Waals surface area contributed by atoms with Crippen molar-refractivity contribution < 1.29 is 27.8 Å². The van der Waals surface area contributed by atoms with Crippen molar-refractivity contribution in [2.75, 3.05) is 24.4 Å². The van der Waals surface area contributed by atoms with Crippen molar-refractivity contribution in [3.63, 3.8) is 0 Å². The highest BCUT2D eigenvalue weighted by Gasteiger charge is 2.25. The van der Waals surface area contributed by atoms with E-state index >= 15 is 0 Å². The van der Waals surface area contributed by atoms with Crippen molar-refractivity contribution in [2.45, 2.75) is 50.5 Å². The van der Waals surface area contributed by atoms with Crippen LogP contribution < -0.4 is 9.47 Å². The summed E-state index contributed by atoms with van der Waals surface area (Å²) in [6.45, 7) is 4.89. The molecule has 1 N–H and O–H groups in total. The summed E-state index contributed by atoms with van der Waals surface area (Å²) in [5.41, 5.74) is 6.04. The van der Waals surface area contributed by atoms with Gasteiger partial charge in [-0.1, -0.05) is 18.2 Å². The largest absolute Gasteiger partial charge is 0.494 e. The number of fused-ring (bicyclic) bond motifs is 1. The highest BCUT2D eigenvalue weighted by Crippen LogP contribution is 2.41. The molecule has 1 aliphatic rings. The zero-order valence-electron chi connectivity index (χ0n) is 21.9. The molecule has 9 heteroatoms. The summed E-state index contributed by atoms with van der Waals surface area (Å²) in [4.78, 5) is 17.0. The molecule has 0 aliphatic carbocycles. The topological polar surface area (TPSA) is 103 Å². The second-order valence-corrected chi connectivity index (χ2v) is 13.1. The Morgan fingerprint density at radius 2 is 1.84 bits per heavy atom. The molecule has 0 amide bonds. The molecule has 1 aromatic heterocycles. The first kappa shape index (κ1) is 28.0. The van der Waals surface area contributed by atoms with Crippen LogP contribution in [0.2, 0.25) is 0 Å². The Morgan fingerprint density at radius 1 is 1.08 bits per heavy atom. The van der Waals surface area contributed by atoms with E-state index in [9.17, 15) is 13.2 Å². The number of hydrogen-bond acceptors (Lipinski definition) is 7. The quantitative estimate of drug-likeness (QED) is 0.279. The third-order valence-corrected chi connectivity index (χ3v) is 8.69. The van der Waals surface area contributed by atoms with Gasteiger partial charge in [0.25, 0.3) is 0 Å². The molecule has 4 rings (SSSR count). The number of sulfone groups is 1. The molecule has 0 saturated carbocycles.